The van der Waals surface area contributed by atoms with Crippen molar-refractivity contribution in [3.05, 3.63) is 50.3 Å². The Bertz CT molecular complexity index is 1130. The Morgan fingerprint density at radius 2 is 2.11 bits per heavy atom. The largest absolute Gasteiger partial charge is 0.381 e. The Kier molecular flexibility index (Phi) is 10.2. The second-order valence-corrected chi connectivity index (χ2v) is 9.96. The zero-order valence-corrected chi connectivity index (χ0v) is 22.1. The number of amides is 2. The summed E-state index contributed by atoms with van der Waals surface area (Å²) in [7, 11) is 0. The van der Waals surface area contributed by atoms with Crippen LogP contribution in [0.3, 0.4) is 0 Å². The molecule has 36 heavy (non-hydrogen) atoms. The molecule has 192 valence electrons. The van der Waals surface area contributed by atoms with Crippen molar-refractivity contribution >= 4 is 59.8 Å². The number of allylic oxidation sites excluding steroid dienone is 2. The SMILES string of the molecule is C=N/C=C\C(=C/C)CNC(=O)CN1Cc2sc(C(/N=C(\N=C)NC3CCOCC3)=C(/C)Cl)cc2C1=O. The highest BCUT2D eigenvalue weighted by molar-refractivity contribution is 7.13. The van der Waals surface area contributed by atoms with Crippen molar-refractivity contribution in [3.63, 3.8) is 0 Å². The van der Waals surface area contributed by atoms with E-state index in [2.05, 4.69) is 39.0 Å². The fraction of sp³-hybridized carbons (Fsp3) is 0.400. The van der Waals surface area contributed by atoms with Gasteiger partial charge in [-0.2, -0.15) is 0 Å². The second kappa shape index (κ2) is 13.3. The van der Waals surface area contributed by atoms with Crippen LogP contribution in [-0.4, -0.2) is 68.5 Å². The van der Waals surface area contributed by atoms with Crippen LogP contribution in [0.5, 0.6) is 0 Å². The van der Waals surface area contributed by atoms with E-state index in [1.54, 1.807) is 25.3 Å². The maximum Gasteiger partial charge on any atom is 0.255 e. The number of ether oxygens (including phenoxy) is 1. The molecule has 0 aliphatic carbocycles. The lowest BCUT2D eigenvalue weighted by Crippen LogP contribution is -2.38. The van der Waals surface area contributed by atoms with Crippen LogP contribution in [-0.2, 0) is 16.1 Å². The van der Waals surface area contributed by atoms with Crippen LogP contribution >= 0.6 is 22.9 Å². The van der Waals surface area contributed by atoms with E-state index in [-0.39, 0.29) is 24.4 Å². The van der Waals surface area contributed by atoms with Crippen LogP contribution in [0, 0.1) is 0 Å². The van der Waals surface area contributed by atoms with Crippen molar-refractivity contribution in [2.45, 2.75) is 39.3 Å². The summed E-state index contributed by atoms with van der Waals surface area (Å²) in [6, 6.07) is 1.98. The molecule has 2 amide bonds. The maximum atomic E-state index is 13.0. The molecule has 3 heterocycles. The number of hydrogen-bond acceptors (Lipinski definition) is 6. The first kappa shape index (κ1) is 27.5. The molecular formula is C25H31ClN6O3S. The maximum absolute atomic E-state index is 13.0. The van der Waals surface area contributed by atoms with E-state index in [1.165, 1.54) is 16.2 Å². The third-order valence-electron chi connectivity index (χ3n) is 5.73. The number of nitrogens with one attached hydrogen (secondary N) is 2. The molecule has 1 saturated heterocycles. The summed E-state index contributed by atoms with van der Waals surface area (Å²) in [5, 5.41) is 6.61. The average molecular weight is 531 g/mol. The van der Waals surface area contributed by atoms with Gasteiger partial charge in [-0.05, 0) is 57.8 Å². The lowest BCUT2D eigenvalue weighted by atomic mass is 10.1. The van der Waals surface area contributed by atoms with E-state index in [0.29, 0.717) is 48.6 Å². The van der Waals surface area contributed by atoms with Gasteiger partial charge in [0.25, 0.3) is 5.91 Å². The minimum atomic E-state index is -0.235. The number of guanidine groups is 1. The van der Waals surface area contributed by atoms with E-state index in [0.717, 1.165) is 28.2 Å². The van der Waals surface area contributed by atoms with E-state index in [4.69, 9.17) is 16.3 Å². The number of nitrogens with zero attached hydrogens (tertiary/aromatic N) is 4. The number of fused-ring (bicyclic) bond motifs is 1. The molecule has 0 atom stereocenters. The lowest BCUT2D eigenvalue weighted by Gasteiger charge is -2.23. The Hall–Kier alpha value is -3.08. The average Bonchev–Trinajstić information content (AvgIpc) is 3.41. The number of carbonyl (C=O) groups excluding carboxylic acids is 2. The molecule has 2 N–H and O–H groups in total. The molecule has 0 unspecified atom stereocenters. The minimum Gasteiger partial charge on any atom is -0.381 e. The van der Waals surface area contributed by atoms with Crippen molar-refractivity contribution in [2.24, 2.45) is 15.0 Å². The second-order valence-electron chi connectivity index (χ2n) is 8.25. The number of carbonyl (C=O) groups is 2. The van der Waals surface area contributed by atoms with Crippen LogP contribution in [0.25, 0.3) is 5.70 Å². The summed E-state index contributed by atoms with van der Waals surface area (Å²) in [4.78, 5) is 40.9. The van der Waals surface area contributed by atoms with Crippen LogP contribution in [0.15, 0.2) is 50.0 Å². The normalized spacial score (nSPS) is 17.8. The molecule has 2 aliphatic heterocycles. The highest BCUT2D eigenvalue weighted by atomic mass is 35.5. The molecule has 1 fully saturated rings. The van der Waals surface area contributed by atoms with Gasteiger partial charge in [-0.15, -0.1) is 11.3 Å². The van der Waals surface area contributed by atoms with Gasteiger partial charge in [0.15, 0.2) is 0 Å². The fourth-order valence-electron chi connectivity index (χ4n) is 3.77. The van der Waals surface area contributed by atoms with Gasteiger partial charge in [0.05, 0.1) is 22.7 Å². The first-order valence-corrected chi connectivity index (χ1v) is 12.8. The fourth-order valence-corrected chi connectivity index (χ4v) is 5.18. The first-order chi connectivity index (χ1) is 17.4. The van der Waals surface area contributed by atoms with E-state index < -0.39 is 0 Å². The van der Waals surface area contributed by atoms with Gasteiger partial charge in [-0.25, -0.2) is 9.98 Å². The van der Waals surface area contributed by atoms with Gasteiger partial charge in [-0.1, -0.05) is 17.7 Å². The van der Waals surface area contributed by atoms with Gasteiger partial charge in [-0.3, -0.25) is 14.6 Å². The standard InChI is InChI=1S/C25H31ClN6O3S/c1-5-17(6-9-27-3)13-29-22(33)15-32-14-21-19(24(32)34)12-20(36-21)23(16(2)26)31-25(28-4)30-18-7-10-35-11-8-18/h5-6,9,12,18H,3-4,7-8,10-11,13-15H2,1-2H3,(H,29,33)(H,30,31)/b9-6-,17-5+,23-16+. The molecule has 0 spiro atoms. The molecule has 1 aromatic rings. The predicted octanol–water partition coefficient (Wildman–Crippen LogP) is 3.73. The summed E-state index contributed by atoms with van der Waals surface area (Å²) in [6.07, 6.45) is 6.92. The summed E-state index contributed by atoms with van der Waals surface area (Å²) in [5.41, 5.74) is 1.99. The summed E-state index contributed by atoms with van der Waals surface area (Å²) < 4.78 is 5.40. The smallest absolute Gasteiger partial charge is 0.255 e. The highest BCUT2D eigenvalue weighted by Gasteiger charge is 2.32. The Balaban J connectivity index is 1.66. The van der Waals surface area contributed by atoms with Crippen molar-refractivity contribution in [1.29, 1.82) is 0 Å². The first-order valence-electron chi connectivity index (χ1n) is 11.6. The molecule has 3 rings (SSSR count). The van der Waals surface area contributed by atoms with Crippen LogP contribution in [0.2, 0.25) is 0 Å². The topological polar surface area (TPSA) is 108 Å². The van der Waals surface area contributed by atoms with Crippen LogP contribution in [0.4, 0.5) is 0 Å². The molecule has 0 radical (unpaired) electrons. The molecule has 0 bridgehead atoms. The number of thiophene rings is 1. The van der Waals surface area contributed by atoms with E-state index in [9.17, 15) is 9.59 Å². The molecule has 9 nitrogen and oxygen atoms in total. The van der Waals surface area contributed by atoms with Gasteiger partial charge in [0, 0.05) is 41.9 Å². The van der Waals surface area contributed by atoms with Gasteiger partial charge in [0.2, 0.25) is 11.9 Å². The summed E-state index contributed by atoms with van der Waals surface area (Å²) >= 11 is 7.82. The minimum absolute atomic E-state index is 0.0229. The zero-order valence-electron chi connectivity index (χ0n) is 20.6. The van der Waals surface area contributed by atoms with Gasteiger partial charge < -0.3 is 20.3 Å². The third kappa shape index (κ3) is 7.22. The third-order valence-corrected chi connectivity index (χ3v) is 7.04. The molecular weight excluding hydrogens is 500 g/mol. The Morgan fingerprint density at radius 1 is 1.36 bits per heavy atom. The van der Waals surface area contributed by atoms with E-state index in [1.807, 2.05) is 13.0 Å². The number of halogens is 1. The van der Waals surface area contributed by atoms with Crippen molar-refractivity contribution < 1.29 is 14.3 Å². The summed E-state index contributed by atoms with van der Waals surface area (Å²) in [5.74, 6) is -0.0439. The number of aliphatic imine (C=N–C) groups is 3. The molecule has 0 saturated carbocycles. The quantitative estimate of drug-likeness (QED) is 0.288. The number of rotatable bonds is 9. The Labute approximate surface area is 220 Å². The van der Waals surface area contributed by atoms with Crippen molar-refractivity contribution in [1.82, 2.24) is 15.5 Å². The van der Waals surface area contributed by atoms with Gasteiger partial charge in [0.1, 0.15) is 6.54 Å². The monoisotopic (exact) mass is 530 g/mol. The predicted molar refractivity (Wildman–Crippen MR) is 147 cm³/mol. The highest BCUT2D eigenvalue weighted by Crippen LogP contribution is 2.36. The lowest BCUT2D eigenvalue weighted by molar-refractivity contribution is -0.121. The molecule has 11 heteroatoms. The molecule has 2 aliphatic rings. The molecule has 1 aromatic heterocycles. The van der Waals surface area contributed by atoms with Crippen molar-refractivity contribution in [2.75, 3.05) is 26.3 Å². The Morgan fingerprint density at radius 3 is 2.72 bits per heavy atom. The van der Waals surface area contributed by atoms with Gasteiger partial charge >= 0.3 is 0 Å². The van der Waals surface area contributed by atoms with E-state index >= 15 is 0 Å². The van der Waals surface area contributed by atoms with Crippen LogP contribution in [0.1, 0.15) is 46.8 Å². The molecule has 0 aromatic carbocycles. The van der Waals surface area contributed by atoms with Crippen molar-refractivity contribution in [3.8, 4) is 0 Å². The number of hydrogen-bond donors (Lipinski definition) is 2. The summed E-state index contributed by atoms with van der Waals surface area (Å²) in [6.45, 7) is 12.7. The van der Waals surface area contributed by atoms with Crippen LogP contribution < -0.4 is 10.6 Å². The zero-order chi connectivity index (χ0) is 26.1.